The first kappa shape index (κ1) is 11.5. The monoisotopic (exact) mass is 238 g/mol. The number of hydrogen-bond donors (Lipinski definition) is 2. The van der Waals surface area contributed by atoms with E-state index in [0.29, 0.717) is 42.4 Å². The Morgan fingerprint density at radius 2 is 2.24 bits per heavy atom. The maximum Gasteiger partial charge on any atom is 0.417 e. The minimum atomic E-state index is -0.508. The van der Waals surface area contributed by atoms with Gasteiger partial charge in [-0.3, -0.25) is 4.98 Å². The lowest BCUT2D eigenvalue weighted by Crippen LogP contribution is -2.07. The third-order valence-electron chi connectivity index (χ3n) is 2.24. The van der Waals surface area contributed by atoms with Crippen LogP contribution in [0.2, 0.25) is 0 Å². The Morgan fingerprint density at radius 1 is 1.41 bits per heavy atom. The molecule has 0 amide bonds. The van der Waals surface area contributed by atoms with Crippen molar-refractivity contribution < 1.29 is 13.9 Å². The van der Waals surface area contributed by atoms with Gasteiger partial charge in [-0.25, -0.2) is 4.79 Å². The molecule has 0 radical (unpaired) electrons. The van der Waals surface area contributed by atoms with Crippen molar-refractivity contribution in [1.82, 2.24) is 4.98 Å². The van der Waals surface area contributed by atoms with Gasteiger partial charge in [-0.2, -0.15) is 0 Å². The predicted molar refractivity (Wildman–Crippen MR) is 63.2 cm³/mol. The van der Waals surface area contributed by atoms with Crippen molar-refractivity contribution in [3.05, 3.63) is 22.7 Å². The summed E-state index contributed by atoms with van der Waals surface area (Å²) >= 11 is 0. The summed E-state index contributed by atoms with van der Waals surface area (Å²) in [5.74, 6) is 0.000111. The molecule has 17 heavy (non-hydrogen) atoms. The minimum absolute atomic E-state index is 0.408. The van der Waals surface area contributed by atoms with Gasteiger partial charge in [-0.15, -0.1) is 0 Å². The lowest BCUT2D eigenvalue weighted by atomic mass is 10.2. The first-order valence-electron chi connectivity index (χ1n) is 5.33. The fraction of sp³-hybridized carbons (Fsp3) is 0.364. The van der Waals surface area contributed by atoms with Crippen molar-refractivity contribution in [2.75, 3.05) is 25.6 Å². The van der Waals surface area contributed by atoms with Gasteiger partial charge in [0.25, 0.3) is 0 Å². The van der Waals surface area contributed by atoms with E-state index in [0.717, 1.165) is 0 Å². The highest BCUT2D eigenvalue weighted by atomic mass is 16.5. The van der Waals surface area contributed by atoms with Gasteiger partial charge in [0, 0.05) is 18.7 Å². The average Bonchev–Trinajstić information content (AvgIpc) is 2.63. The molecule has 1 heterocycles. The summed E-state index contributed by atoms with van der Waals surface area (Å²) in [5.41, 5.74) is 7.18. The second kappa shape index (κ2) is 4.92. The van der Waals surface area contributed by atoms with E-state index in [-0.39, 0.29) is 0 Å². The van der Waals surface area contributed by atoms with E-state index in [4.69, 9.17) is 19.6 Å². The van der Waals surface area contributed by atoms with Crippen LogP contribution in [0.4, 0.5) is 5.69 Å². The lowest BCUT2D eigenvalue weighted by Gasteiger charge is -2.08. The number of nitrogens with one attached hydrogen (secondary N) is 1. The van der Waals surface area contributed by atoms with Gasteiger partial charge in [-0.1, -0.05) is 0 Å². The van der Waals surface area contributed by atoms with E-state index in [1.807, 2.05) is 6.92 Å². The quantitative estimate of drug-likeness (QED) is 0.601. The maximum absolute atomic E-state index is 11.0. The number of aromatic nitrogens is 1. The number of fused-ring (bicyclic) bond motifs is 1. The zero-order chi connectivity index (χ0) is 12.3. The molecule has 92 valence electrons. The summed E-state index contributed by atoms with van der Waals surface area (Å²) in [5, 5.41) is 0. The molecule has 0 atom stereocenters. The van der Waals surface area contributed by atoms with Crippen molar-refractivity contribution in [1.29, 1.82) is 0 Å². The van der Waals surface area contributed by atoms with Crippen LogP contribution in [0.5, 0.6) is 5.75 Å². The molecule has 0 aliphatic rings. The SMILES string of the molecule is CCOCCOc1cc2[nH]c(=O)oc2cc1N. The van der Waals surface area contributed by atoms with E-state index >= 15 is 0 Å². The number of hydrogen-bond acceptors (Lipinski definition) is 5. The molecule has 2 rings (SSSR count). The van der Waals surface area contributed by atoms with E-state index in [9.17, 15) is 4.79 Å². The Morgan fingerprint density at radius 3 is 3.00 bits per heavy atom. The Hall–Kier alpha value is -1.95. The first-order valence-corrected chi connectivity index (χ1v) is 5.33. The summed E-state index contributed by atoms with van der Waals surface area (Å²) in [6.45, 7) is 3.46. The molecule has 0 unspecified atom stereocenters. The van der Waals surface area contributed by atoms with E-state index in [2.05, 4.69) is 4.98 Å². The molecule has 2 aromatic rings. The van der Waals surface area contributed by atoms with Gasteiger partial charge in [-0.05, 0) is 6.92 Å². The highest BCUT2D eigenvalue weighted by molar-refractivity contribution is 5.80. The molecule has 0 spiro atoms. The molecule has 1 aromatic carbocycles. The molecule has 6 nitrogen and oxygen atoms in total. The van der Waals surface area contributed by atoms with Gasteiger partial charge < -0.3 is 19.6 Å². The summed E-state index contributed by atoms with van der Waals surface area (Å²) in [6.07, 6.45) is 0. The second-order valence-electron chi connectivity index (χ2n) is 3.45. The number of ether oxygens (including phenoxy) is 2. The highest BCUT2D eigenvalue weighted by Gasteiger charge is 2.07. The van der Waals surface area contributed by atoms with Gasteiger partial charge in [0.2, 0.25) is 0 Å². The van der Waals surface area contributed by atoms with Crippen LogP contribution in [-0.4, -0.2) is 24.8 Å². The molecule has 0 fully saturated rings. The van der Waals surface area contributed by atoms with Gasteiger partial charge in [0.1, 0.15) is 12.4 Å². The van der Waals surface area contributed by atoms with Crippen molar-refractivity contribution >= 4 is 16.8 Å². The zero-order valence-electron chi connectivity index (χ0n) is 9.49. The molecule has 0 saturated heterocycles. The van der Waals surface area contributed by atoms with Crippen molar-refractivity contribution in [2.24, 2.45) is 0 Å². The highest BCUT2D eigenvalue weighted by Crippen LogP contribution is 2.26. The van der Waals surface area contributed by atoms with Crippen LogP contribution in [0, 0.1) is 0 Å². The van der Waals surface area contributed by atoms with Crippen LogP contribution in [0.1, 0.15) is 6.92 Å². The first-order chi connectivity index (χ1) is 8.20. The Labute approximate surface area is 97.3 Å². The smallest absolute Gasteiger partial charge is 0.417 e. The topological polar surface area (TPSA) is 90.5 Å². The van der Waals surface area contributed by atoms with Gasteiger partial charge in [0.05, 0.1) is 17.8 Å². The van der Waals surface area contributed by atoms with E-state index in [1.165, 1.54) is 0 Å². The molecule has 0 bridgehead atoms. The standard InChI is InChI=1S/C11H14N2O4/c1-2-15-3-4-16-9-6-8-10(5-7(9)12)17-11(14)13-8/h5-6H,2-4,12H2,1H3,(H,13,14). The van der Waals surface area contributed by atoms with Crippen LogP contribution in [0.25, 0.3) is 11.1 Å². The molecule has 3 N–H and O–H groups in total. The maximum atomic E-state index is 11.0. The number of nitrogen functional groups attached to an aromatic ring is 1. The van der Waals surface area contributed by atoms with Gasteiger partial charge in [0.15, 0.2) is 5.58 Å². The third kappa shape index (κ3) is 2.59. The zero-order valence-corrected chi connectivity index (χ0v) is 9.49. The molecular formula is C11H14N2O4. The van der Waals surface area contributed by atoms with E-state index in [1.54, 1.807) is 12.1 Å². The largest absolute Gasteiger partial charge is 0.489 e. The second-order valence-corrected chi connectivity index (χ2v) is 3.45. The predicted octanol–water partition coefficient (Wildman–Crippen LogP) is 1.12. The Bertz CT molecular complexity index is 558. The third-order valence-corrected chi connectivity index (χ3v) is 2.24. The number of anilines is 1. The van der Waals surface area contributed by atoms with E-state index < -0.39 is 5.76 Å². The number of aromatic amines is 1. The Balaban J connectivity index is 2.16. The fourth-order valence-corrected chi connectivity index (χ4v) is 1.47. The number of nitrogens with two attached hydrogens (primary N) is 1. The summed E-state index contributed by atoms with van der Waals surface area (Å²) in [7, 11) is 0. The van der Waals surface area contributed by atoms with Crippen LogP contribution in [-0.2, 0) is 4.74 Å². The molecule has 6 heteroatoms. The number of H-pyrrole nitrogens is 1. The lowest BCUT2D eigenvalue weighted by molar-refractivity contribution is 0.110. The van der Waals surface area contributed by atoms with Crippen LogP contribution in [0.3, 0.4) is 0 Å². The summed E-state index contributed by atoms with van der Waals surface area (Å²) in [6, 6.07) is 3.20. The van der Waals surface area contributed by atoms with Crippen molar-refractivity contribution in [3.63, 3.8) is 0 Å². The molecule has 1 aromatic heterocycles. The molecular weight excluding hydrogens is 224 g/mol. The number of benzene rings is 1. The van der Waals surface area contributed by atoms with Crippen molar-refractivity contribution in [2.45, 2.75) is 6.92 Å². The number of rotatable bonds is 5. The van der Waals surface area contributed by atoms with Crippen molar-refractivity contribution in [3.8, 4) is 5.75 Å². The number of oxazole rings is 1. The summed E-state index contributed by atoms with van der Waals surface area (Å²) < 4.78 is 15.5. The Kier molecular flexibility index (Phi) is 3.34. The van der Waals surface area contributed by atoms with Gasteiger partial charge >= 0.3 is 5.76 Å². The van der Waals surface area contributed by atoms with Crippen LogP contribution >= 0.6 is 0 Å². The van der Waals surface area contributed by atoms with Crippen LogP contribution in [0.15, 0.2) is 21.3 Å². The molecule has 0 saturated carbocycles. The fourth-order valence-electron chi connectivity index (χ4n) is 1.47. The molecule has 0 aliphatic carbocycles. The summed E-state index contributed by atoms with van der Waals surface area (Å²) in [4.78, 5) is 13.5. The van der Waals surface area contributed by atoms with Crippen LogP contribution < -0.4 is 16.2 Å². The normalized spacial score (nSPS) is 10.9. The average molecular weight is 238 g/mol. The molecule has 0 aliphatic heterocycles. The minimum Gasteiger partial charge on any atom is -0.489 e.